The number of carbonyl (C=O) groups excluding carboxylic acids is 1. The molecule has 0 bridgehead atoms. The third kappa shape index (κ3) is 2.08. The van der Waals surface area contributed by atoms with Crippen LogP contribution in [0.3, 0.4) is 0 Å². The maximum atomic E-state index is 12.0. The van der Waals surface area contributed by atoms with Crippen LogP contribution < -0.4 is 5.32 Å². The van der Waals surface area contributed by atoms with Gasteiger partial charge < -0.3 is 10.2 Å². The van der Waals surface area contributed by atoms with E-state index in [0.29, 0.717) is 17.9 Å². The third-order valence-electron chi connectivity index (χ3n) is 2.96. The first-order valence-corrected chi connectivity index (χ1v) is 5.69. The van der Waals surface area contributed by atoms with E-state index < -0.39 is 0 Å². The maximum Gasteiger partial charge on any atom is 0.228 e. The fraction of sp³-hybridized carbons (Fsp3) is 0.909. The molecule has 0 radical (unpaired) electrons. The standard InChI is InChI=1S/C11H20N2O/c1-8(2)7-13(10-3-4-10)11(14)9-5-12-6-9/h8-10,12H,3-7H2,1-2H3. The lowest BCUT2D eigenvalue weighted by Crippen LogP contribution is -2.53. The van der Waals surface area contributed by atoms with Gasteiger partial charge in [-0.1, -0.05) is 13.8 Å². The molecule has 80 valence electrons. The van der Waals surface area contributed by atoms with Crippen LogP contribution in [0.4, 0.5) is 0 Å². The van der Waals surface area contributed by atoms with Crippen molar-refractivity contribution in [3.05, 3.63) is 0 Å². The van der Waals surface area contributed by atoms with Crippen LogP contribution in [0.15, 0.2) is 0 Å². The summed E-state index contributed by atoms with van der Waals surface area (Å²) >= 11 is 0. The van der Waals surface area contributed by atoms with Crippen molar-refractivity contribution in [3.63, 3.8) is 0 Å². The maximum absolute atomic E-state index is 12.0. The predicted molar refractivity (Wildman–Crippen MR) is 55.9 cm³/mol. The Bertz CT molecular complexity index is 219. The summed E-state index contributed by atoms with van der Waals surface area (Å²) in [6, 6.07) is 0.575. The lowest BCUT2D eigenvalue weighted by molar-refractivity contribution is -0.138. The molecular weight excluding hydrogens is 176 g/mol. The van der Waals surface area contributed by atoms with Crippen LogP contribution in [0, 0.1) is 11.8 Å². The van der Waals surface area contributed by atoms with Crippen molar-refractivity contribution in [1.82, 2.24) is 10.2 Å². The molecule has 0 atom stereocenters. The van der Waals surface area contributed by atoms with Crippen molar-refractivity contribution in [2.24, 2.45) is 11.8 Å². The van der Waals surface area contributed by atoms with Gasteiger partial charge in [-0.15, -0.1) is 0 Å². The van der Waals surface area contributed by atoms with E-state index in [2.05, 4.69) is 24.1 Å². The Hall–Kier alpha value is -0.570. The van der Waals surface area contributed by atoms with Crippen LogP contribution in [0.1, 0.15) is 26.7 Å². The van der Waals surface area contributed by atoms with E-state index in [0.717, 1.165) is 19.6 Å². The quantitative estimate of drug-likeness (QED) is 0.723. The third-order valence-corrected chi connectivity index (χ3v) is 2.96. The van der Waals surface area contributed by atoms with Gasteiger partial charge in [0.15, 0.2) is 0 Å². The minimum absolute atomic E-state index is 0.273. The van der Waals surface area contributed by atoms with Gasteiger partial charge in [0.2, 0.25) is 5.91 Å². The highest BCUT2D eigenvalue weighted by Gasteiger charge is 2.37. The molecule has 2 rings (SSSR count). The second-order valence-electron chi connectivity index (χ2n) is 4.97. The Morgan fingerprint density at radius 2 is 2.07 bits per heavy atom. The summed E-state index contributed by atoms with van der Waals surface area (Å²) in [7, 11) is 0. The van der Waals surface area contributed by atoms with Crippen molar-refractivity contribution in [1.29, 1.82) is 0 Å². The zero-order chi connectivity index (χ0) is 10.1. The molecule has 1 heterocycles. The van der Waals surface area contributed by atoms with Crippen LogP contribution >= 0.6 is 0 Å². The average molecular weight is 196 g/mol. The second kappa shape index (κ2) is 3.89. The zero-order valence-corrected chi connectivity index (χ0v) is 9.12. The monoisotopic (exact) mass is 196 g/mol. The molecule has 3 nitrogen and oxygen atoms in total. The second-order valence-corrected chi connectivity index (χ2v) is 4.97. The van der Waals surface area contributed by atoms with Gasteiger partial charge in [-0.3, -0.25) is 4.79 Å². The molecule has 1 N–H and O–H groups in total. The minimum atomic E-state index is 0.273. The van der Waals surface area contributed by atoms with Crippen molar-refractivity contribution < 1.29 is 4.79 Å². The molecule has 3 heteroatoms. The van der Waals surface area contributed by atoms with E-state index in [1.807, 2.05) is 0 Å². The topological polar surface area (TPSA) is 32.3 Å². The molecule has 1 saturated carbocycles. The number of nitrogens with zero attached hydrogens (tertiary/aromatic N) is 1. The van der Waals surface area contributed by atoms with Crippen LogP contribution in [0.5, 0.6) is 0 Å². The normalized spacial score (nSPS) is 22.2. The molecule has 14 heavy (non-hydrogen) atoms. The molecule has 1 aliphatic heterocycles. The van der Waals surface area contributed by atoms with Crippen LogP contribution in [-0.2, 0) is 4.79 Å². The van der Waals surface area contributed by atoms with Gasteiger partial charge in [0, 0.05) is 25.7 Å². The highest BCUT2D eigenvalue weighted by molar-refractivity contribution is 5.80. The van der Waals surface area contributed by atoms with Gasteiger partial charge in [-0.05, 0) is 18.8 Å². The minimum Gasteiger partial charge on any atom is -0.339 e. The Balaban J connectivity index is 1.91. The van der Waals surface area contributed by atoms with Crippen LogP contribution in [0.25, 0.3) is 0 Å². The molecule has 0 aromatic rings. The van der Waals surface area contributed by atoms with Gasteiger partial charge in [-0.25, -0.2) is 0 Å². The van der Waals surface area contributed by atoms with E-state index in [-0.39, 0.29) is 5.92 Å². The van der Waals surface area contributed by atoms with Gasteiger partial charge in [0.05, 0.1) is 5.92 Å². The summed E-state index contributed by atoms with van der Waals surface area (Å²) in [4.78, 5) is 14.1. The number of nitrogens with one attached hydrogen (secondary N) is 1. The zero-order valence-electron chi connectivity index (χ0n) is 9.12. The van der Waals surface area contributed by atoms with E-state index in [1.165, 1.54) is 12.8 Å². The molecule has 1 aliphatic carbocycles. The molecule has 1 amide bonds. The fourth-order valence-corrected chi connectivity index (χ4v) is 1.90. The molecule has 1 saturated heterocycles. The largest absolute Gasteiger partial charge is 0.339 e. The first-order chi connectivity index (χ1) is 6.68. The smallest absolute Gasteiger partial charge is 0.228 e. The Kier molecular flexibility index (Phi) is 2.77. The van der Waals surface area contributed by atoms with Crippen LogP contribution in [0.2, 0.25) is 0 Å². The number of rotatable bonds is 4. The molecule has 2 fully saturated rings. The number of amides is 1. The molecule has 0 spiro atoms. The summed E-state index contributed by atoms with van der Waals surface area (Å²) < 4.78 is 0. The van der Waals surface area contributed by atoms with E-state index >= 15 is 0 Å². The van der Waals surface area contributed by atoms with Gasteiger partial charge >= 0.3 is 0 Å². The van der Waals surface area contributed by atoms with Crippen LogP contribution in [-0.4, -0.2) is 36.5 Å². The Labute approximate surface area is 85.8 Å². The van der Waals surface area contributed by atoms with Gasteiger partial charge in [0.1, 0.15) is 0 Å². The summed E-state index contributed by atoms with van der Waals surface area (Å²) in [6.45, 7) is 7.09. The first kappa shape index (κ1) is 9.97. The van der Waals surface area contributed by atoms with E-state index in [1.54, 1.807) is 0 Å². The SMILES string of the molecule is CC(C)CN(C(=O)C1CNC1)C1CC1. The Morgan fingerprint density at radius 1 is 1.43 bits per heavy atom. The van der Waals surface area contributed by atoms with Crippen molar-refractivity contribution in [2.75, 3.05) is 19.6 Å². The summed E-state index contributed by atoms with van der Waals surface area (Å²) in [5, 5.41) is 3.16. The molecule has 2 aliphatic rings. The first-order valence-electron chi connectivity index (χ1n) is 5.69. The van der Waals surface area contributed by atoms with Gasteiger partial charge in [-0.2, -0.15) is 0 Å². The highest BCUT2D eigenvalue weighted by Crippen LogP contribution is 2.29. The summed E-state index contributed by atoms with van der Waals surface area (Å²) in [5.74, 6) is 1.25. The lowest BCUT2D eigenvalue weighted by atomic mass is 10.0. The van der Waals surface area contributed by atoms with E-state index in [9.17, 15) is 4.79 Å². The van der Waals surface area contributed by atoms with Crippen molar-refractivity contribution in [3.8, 4) is 0 Å². The molecule has 0 unspecified atom stereocenters. The number of hydrogen-bond donors (Lipinski definition) is 1. The number of carbonyl (C=O) groups is 1. The van der Waals surface area contributed by atoms with Crippen molar-refractivity contribution >= 4 is 5.91 Å². The van der Waals surface area contributed by atoms with Gasteiger partial charge in [0.25, 0.3) is 0 Å². The average Bonchev–Trinajstić information content (AvgIpc) is 2.78. The predicted octanol–water partition coefficient (Wildman–Crippen LogP) is 0.853. The summed E-state index contributed by atoms with van der Waals surface area (Å²) in [5.41, 5.74) is 0. The molecule has 0 aromatic carbocycles. The van der Waals surface area contributed by atoms with Crippen molar-refractivity contribution in [2.45, 2.75) is 32.7 Å². The Morgan fingerprint density at radius 3 is 2.43 bits per heavy atom. The highest BCUT2D eigenvalue weighted by atomic mass is 16.2. The number of hydrogen-bond acceptors (Lipinski definition) is 2. The lowest BCUT2D eigenvalue weighted by Gasteiger charge is -2.33. The fourth-order valence-electron chi connectivity index (χ4n) is 1.90. The molecular formula is C11H20N2O. The molecule has 0 aromatic heterocycles. The summed E-state index contributed by atoms with van der Waals surface area (Å²) in [6.07, 6.45) is 2.44. The van der Waals surface area contributed by atoms with E-state index in [4.69, 9.17) is 0 Å².